The molecule has 1 aliphatic carbocycles. The van der Waals surface area contributed by atoms with Crippen molar-refractivity contribution in [2.75, 3.05) is 18.4 Å². The minimum absolute atomic E-state index is 0.0198. The fourth-order valence-corrected chi connectivity index (χ4v) is 4.32. The Morgan fingerprint density at radius 2 is 2.08 bits per heavy atom. The van der Waals surface area contributed by atoms with Crippen molar-refractivity contribution in [1.82, 2.24) is 29.5 Å². The van der Waals surface area contributed by atoms with Gasteiger partial charge in [0.1, 0.15) is 11.4 Å². The van der Waals surface area contributed by atoms with Crippen molar-refractivity contribution in [1.29, 1.82) is 0 Å². The molecule has 0 bridgehead atoms. The fourth-order valence-electron chi connectivity index (χ4n) is 4.32. The molecule has 0 aromatic carbocycles. The maximum Gasteiger partial charge on any atom is 0.259 e. The molecule has 1 N–H and O–H groups in total. The molecule has 5 rings (SSSR count). The third kappa shape index (κ3) is 2.49. The Bertz CT molecular complexity index is 941. The highest BCUT2D eigenvalue weighted by molar-refractivity contribution is 5.99. The van der Waals surface area contributed by atoms with E-state index in [9.17, 15) is 4.79 Å². The van der Waals surface area contributed by atoms with Gasteiger partial charge in [0.15, 0.2) is 5.65 Å². The molecule has 8 heteroatoms. The van der Waals surface area contributed by atoms with Crippen LogP contribution in [-0.4, -0.2) is 54.5 Å². The molecule has 1 aliphatic heterocycles. The molecule has 26 heavy (non-hydrogen) atoms. The van der Waals surface area contributed by atoms with Crippen LogP contribution in [0.3, 0.4) is 0 Å². The Labute approximate surface area is 150 Å². The summed E-state index contributed by atoms with van der Waals surface area (Å²) in [6, 6.07) is 2.13. The van der Waals surface area contributed by atoms with E-state index in [1.165, 1.54) is 0 Å². The summed E-state index contributed by atoms with van der Waals surface area (Å²) in [4.78, 5) is 27.7. The van der Waals surface area contributed by atoms with Gasteiger partial charge in [-0.2, -0.15) is 5.10 Å². The number of hydrogen-bond donors (Lipinski definition) is 1. The molecule has 132 valence electrons. The summed E-state index contributed by atoms with van der Waals surface area (Å²) in [6.45, 7) is 1.55. The Morgan fingerprint density at radius 1 is 1.12 bits per heavy atom. The van der Waals surface area contributed by atoms with E-state index in [2.05, 4.69) is 25.4 Å². The van der Waals surface area contributed by atoms with Gasteiger partial charge >= 0.3 is 0 Å². The highest BCUT2D eigenvalue weighted by Crippen LogP contribution is 2.39. The average Bonchev–Trinajstić information content (AvgIpc) is 3.37. The topological polar surface area (TPSA) is 88.3 Å². The number of likely N-dealkylation sites (tertiary alicyclic amines) is 1. The first-order chi connectivity index (χ1) is 12.8. The largest absolute Gasteiger partial charge is 0.366 e. The summed E-state index contributed by atoms with van der Waals surface area (Å²) in [5.74, 6) is 1.79. The molecule has 3 aromatic heterocycles. The van der Waals surface area contributed by atoms with Crippen LogP contribution in [0.1, 0.15) is 23.2 Å². The zero-order chi connectivity index (χ0) is 17.5. The van der Waals surface area contributed by atoms with E-state index in [1.54, 1.807) is 47.8 Å². The molecule has 0 radical (unpaired) electrons. The molecule has 0 unspecified atom stereocenters. The van der Waals surface area contributed by atoms with Gasteiger partial charge in [0.05, 0.1) is 12.4 Å². The van der Waals surface area contributed by atoms with Crippen molar-refractivity contribution in [3.63, 3.8) is 0 Å². The second-order valence-corrected chi connectivity index (χ2v) is 7.00. The summed E-state index contributed by atoms with van der Waals surface area (Å²) >= 11 is 0. The molecule has 1 saturated heterocycles. The molecule has 2 aliphatic rings. The van der Waals surface area contributed by atoms with E-state index in [4.69, 9.17) is 0 Å². The summed E-state index contributed by atoms with van der Waals surface area (Å²) in [5, 5.41) is 7.73. The minimum Gasteiger partial charge on any atom is -0.366 e. The summed E-state index contributed by atoms with van der Waals surface area (Å²) < 4.78 is 1.64. The van der Waals surface area contributed by atoms with Gasteiger partial charge in [-0.05, 0) is 24.8 Å². The number of carbonyl (C=O) groups is 1. The molecule has 1 saturated carbocycles. The van der Waals surface area contributed by atoms with E-state index in [1.807, 2.05) is 4.90 Å². The fraction of sp³-hybridized carbons (Fsp3) is 0.389. The predicted molar refractivity (Wildman–Crippen MR) is 94.5 cm³/mol. The van der Waals surface area contributed by atoms with Crippen LogP contribution >= 0.6 is 0 Å². The van der Waals surface area contributed by atoms with Crippen molar-refractivity contribution >= 4 is 17.4 Å². The molecule has 1 amide bonds. The van der Waals surface area contributed by atoms with E-state index in [0.717, 1.165) is 31.7 Å². The number of amides is 1. The van der Waals surface area contributed by atoms with Crippen molar-refractivity contribution in [3.05, 3.63) is 48.8 Å². The van der Waals surface area contributed by atoms with Gasteiger partial charge < -0.3 is 10.2 Å². The highest BCUT2D eigenvalue weighted by atomic mass is 16.2. The van der Waals surface area contributed by atoms with E-state index in [-0.39, 0.29) is 5.91 Å². The number of nitrogens with one attached hydrogen (secondary N) is 1. The second kappa shape index (κ2) is 6.05. The van der Waals surface area contributed by atoms with Gasteiger partial charge in [-0.15, -0.1) is 0 Å². The molecular formula is C18H19N7O. The van der Waals surface area contributed by atoms with Gasteiger partial charge in [-0.25, -0.2) is 14.5 Å². The van der Waals surface area contributed by atoms with Crippen LogP contribution in [0.15, 0.2) is 43.2 Å². The van der Waals surface area contributed by atoms with Gasteiger partial charge in [0.2, 0.25) is 0 Å². The van der Waals surface area contributed by atoms with Gasteiger partial charge in [-0.3, -0.25) is 9.78 Å². The Kier molecular flexibility index (Phi) is 3.55. The lowest BCUT2D eigenvalue weighted by molar-refractivity contribution is 0.0781. The molecule has 4 heterocycles. The number of carbonyl (C=O) groups excluding carboxylic acids is 1. The maximum absolute atomic E-state index is 13.0. The molecule has 3 aromatic rings. The summed E-state index contributed by atoms with van der Waals surface area (Å²) in [5.41, 5.74) is 1.19. The van der Waals surface area contributed by atoms with E-state index in [0.29, 0.717) is 29.1 Å². The molecular weight excluding hydrogens is 330 g/mol. The first-order valence-electron chi connectivity index (χ1n) is 8.90. The Balaban J connectivity index is 1.33. The lowest BCUT2D eigenvalue weighted by Crippen LogP contribution is -2.33. The van der Waals surface area contributed by atoms with Crippen LogP contribution in [0.25, 0.3) is 5.65 Å². The normalized spacial score (nSPS) is 24.8. The summed E-state index contributed by atoms with van der Waals surface area (Å²) in [6.07, 6.45) is 12.4. The zero-order valence-corrected chi connectivity index (χ0v) is 14.2. The molecule has 8 nitrogen and oxygen atoms in total. The van der Waals surface area contributed by atoms with Crippen molar-refractivity contribution in [2.45, 2.75) is 18.9 Å². The monoisotopic (exact) mass is 349 g/mol. The third-order valence-corrected chi connectivity index (χ3v) is 5.55. The number of aromatic nitrogens is 5. The van der Waals surface area contributed by atoms with Crippen LogP contribution in [0.4, 0.5) is 5.82 Å². The predicted octanol–water partition coefficient (Wildman–Crippen LogP) is 1.48. The second-order valence-electron chi connectivity index (χ2n) is 7.00. The average molecular weight is 349 g/mol. The molecule has 0 spiro atoms. The Morgan fingerprint density at radius 3 is 2.96 bits per heavy atom. The number of nitrogens with zero attached hydrogens (tertiary/aromatic N) is 6. The standard InChI is InChI=1S/C18H19N7O/c26-18(13-8-22-25-7-1-4-21-17(13)25)24-10-12-2-3-15(14(12)11-24)23-16-9-19-5-6-20-16/h1,4-9,12,14-15H,2-3,10-11H2,(H,20,23)/t12-,14+,15-/m1/s1. The number of fused-ring (bicyclic) bond motifs is 2. The molecule has 3 atom stereocenters. The van der Waals surface area contributed by atoms with Gasteiger partial charge in [0.25, 0.3) is 5.91 Å². The molecule has 2 fully saturated rings. The smallest absolute Gasteiger partial charge is 0.259 e. The first kappa shape index (κ1) is 15.2. The van der Waals surface area contributed by atoms with Crippen LogP contribution in [0, 0.1) is 11.8 Å². The van der Waals surface area contributed by atoms with E-state index >= 15 is 0 Å². The lowest BCUT2D eigenvalue weighted by Gasteiger charge is -2.22. The van der Waals surface area contributed by atoms with E-state index < -0.39 is 0 Å². The van der Waals surface area contributed by atoms with Crippen LogP contribution in [0.5, 0.6) is 0 Å². The summed E-state index contributed by atoms with van der Waals surface area (Å²) in [7, 11) is 0. The van der Waals surface area contributed by atoms with Crippen LogP contribution < -0.4 is 5.32 Å². The number of hydrogen-bond acceptors (Lipinski definition) is 6. The number of anilines is 1. The van der Waals surface area contributed by atoms with Gasteiger partial charge in [0, 0.05) is 49.8 Å². The zero-order valence-electron chi connectivity index (χ0n) is 14.2. The third-order valence-electron chi connectivity index (χ3n) is 5.55. The van der Waals surface area contributed by atoms with Crippen molar-refractivity contribution in [2.24, 2.45) is 11.8 Å². The van der Waals surface area contributed by atoms with Crippen molar-refractivity contribution < 1.29 is 4.79 Å². The van der Waals surface area contributed by atoms with Crippen LogP contribution in [-0.2, 0) is 0 Å². The number of rotatable bonds is 3. The SMILES string of the molecule is O=C(c1cnn2cccnc12)N1C[C@H]2CC[C@@H](Nc3cnccn3)[C@H]2C1. The first-order valence-corrected chi connectivity index (χ1v) is 8.90. The Hall–Kier alpha value is -3.03. The van der Waals surface area contributed by atoms with Gasteiger partial charge in [-0.1, -0.05) is 0 Å². The lowest BCUT2D eigenvalue weighted by atomic mass is 9.98. The minimum atomic E-state index is 0.0198. The quantitative estimate of drug-likeness (QED) is 0.771. The van der Waals surface area contributed by atoms with Crippen molar-refractivity contribution in [3.8, 4) is 0 Å². The highest BCUT2D eigenvalue weighted by Gasteiger charge is 2.44. The maximum atomic E-state index is 13.0. The van der Waals surface area contributed by atoms with Crippen LogP contribution in [0.2, 0.25) is 0 Å².